The predicted octanol–water partition coefficient (Wildman–Crippen LogP) is 1.42. The van der Waals surface area contributed by atoms with E-state index in [4.69, 9.17) is 10.3 Å². The van der Waals surface area contributed by atoms with Crippen LogP contribution in [0.4, 0.5) is 0 Å². The molecule has 0 aromatic carbocycles. The molecule has 0 bridgehead atoms. The number of aryl methyl sites for hydroxylation is 1. The van der Waals surface area contributed by atoms with Crippen LogP contribution in [0.3, 0.4) is 0 Å². The maximum atomic E-state index is 11.9. The lowest BCUT2D eigenvalue weighted by Gasteiger charge is -2.24. The molecule has 0 aliphatic carbocycles. The average molecular weight is 260 g/mol. The molecule has 6 heteroatoms. The zero-order chi connectivity index (χ0) is 11.7. The first-order chi connectivity index (χ1) is 7.59. The van der Waals surface area contributed by atoms with Gasteiger partial charge in [0.1, 0.15) is 0 Å². The fraction of sp³-hybridized carbons (Fsp3) is 0.636. The second-order valence-corrected chi connectivity index (χ2v) is 4.35. The zero-order valence-corrected chi connectivity index (χ0v) is 10.9. The van der Waals surface area contributed by atoms with Crippen molar-refractivity contribution >= 4 is 18.3 Å². The van der Waals surface area contributed by atoms with Gasteiger partial charge in [0, 0.05) is 12.6 Å². The highest BCUT2D eigenvalue weighted by molar-refractivity contribution is 5.85. The van der Waals surface area contributed by atoms with Crippen molar-refractivity contribution < 1.29 is 9.32 Å². The molecule has 1 aromatic rings. The molecule has 2 N–H and O–H groups in total. The van der Waals surface area contributed by atoms with Gasteiger partial charge < -0.3 is 15.2 Å². The van der Waals surface area contributed by atoms with E-state index < -0.39 is 6.04 Å². The van der Waals surface area contributed by atoms with E-state index >= 15 is 0 Å². The summed E-state index contributed by atoms with van der Waals surface area (Å²) in [5.74, 6) is 0.751. The van der Waals surface area contributed by atoms with Crippen molar-refractivity contribution in [3.63, 3.8) is 0 Å². The van der Waals surface area contributed by atoms with Gasteiger partial charge in [-0.15, -0.1) is 12.4 Å². The number of aromatic nitrogens is 1. The zero-order valence-electron chi connectivity index (χ0n) is 10.0. The van der Waals surface area contributed by atoms with E-state index in [9.17, 15) is 4.79 Å². The molecule has 1 fully saturated rings. The SMILES string of the molecule is Cc1cc(C2CCCN2C(=O)[C@H](C)N)on1.Cl. The van der Waals surface area contributed by atoms with E-state index in [0.717, 1.165) is 30.8 Å². The number of amides is 1. The Morgan fingerprint density at radius 1 is 1.71 bits per heavy atom. The number of rotatable bonds is 2. The Morgan fingerprint density at radius 3 is 2.94 bits per heavy atom. The number of halogens is 1. The molecule has 96 valence electrons. The van der Waals surface area contributed by atoms with Crippen LogP contribution in [0.5, 0.6) is 0 Å². The van der Waals surface area contributed by atoms with Crippen LogP contribution < -0.4 is 5.73 Å². The van der Waals surface area contributed by atoms with Crippen LogP contribution in [0.1, 0.15) is 37.3 Å². The third-order valence-electron chi connectivity index (χ3n) is 2.90. The molecule has 2 heterocycles. The van der Waals surface area contributed by atoms with Gasteiger partial charge in [-0.1, -0.05) is 5.16 Å². The highest BCUT2D eigenvalue weighted by Crippen LogP contribution is 2.32. The molecule has 1 aliphatic rings. The fourth-order valence-corrected chi connectivity index (χ4v) is 2.13. The molecular formula is C11H18ClN3O2. The second kappa shape index (κ2) is 5.51. The summed E-state index contributed by atoms with van der Waals surface area (Å²) in [7, 11) is 0. The largest absolute Gasteiger partial charge is 0.359 e. The molecule has 0 radical (unpaired) electrons. The van der Waals surface area contributed by atoms with Crippen LogP contribution in [0, 0.1) is 6.92 Å². The molecule has 2 rings (SSSR count). The molecule has 5 nitrogen and oxygen atoms in total. The smallest absolute Gasteiger partial charge is 0.239 e. The van der Waals surface area contributed by atoms with E-state index in [1.54, 1.807) is 11.8 Å². The predicted molar refractivity (Wildman–Crippen MR) is 65.8 cm³/mol. The number of likely N-dealkylation sites (tertiary alicyclic amines) is 1. The summed E-state index contributed by atoms with van der Waals surface area (Å²) in [5.41, 5.74) is 6.47. The monoisotopic (exact) mass is 259 g/mol. The lowest BCUT2D eigenvalue weighted by Crippen LogP contribution is -2.41. The fourth-order valence-electron chi connectivity index (χ4n) is 2.13. The number of carbonyl (C=O) groups excluding carboxylic acids is 1. The van der Waals surface area contributed by atoms with Crippen molar-refractivity contribution in [2.24, 2.45) is 5.73 Å². The topological polar surface area (TPSA) is 72.4 Å². The van der Waals surface area contributed by atoms with Crippen LogP contribution >= 0.6 is 12.4 Å². The molecule has 1 saturated heterocycles. The third-order valence-corrected chi connectivity index (χ3v) is 2.90. The molecular weight excluding hydrogens is 242 g/mol. The number of nitrogens with two attached hydrogens (primary N) is 1. The van der Waals surface area contributed by atoms with E-state index in [1.807, 2.05) is 13.0 Å². The van der Waals surface area contributed by atoms with Gasteiger partial charge in [-0.3, -0.25) is 4.79 Å². The summed E-state index contributed by atoms with van der Waals surface area (Å²) in [6.07, 6.45) is 1.91. The van der Waals surface area contributed by atoms with E-state index in [0.29, 0.717) is 0 Å². The maximum absolute atomic E-state index is 11.9. The Bertz CT molecular complexity index is 392. The number of carbonyl (C=O) groups is 1. The minimum absolute atomic E-state index is 0. The maximum Gasteiger partial charge on any atom is 0.239 e. The molecule has 1 aliphatic heterocycles. The Labute approximate surface area is 107 Å². The average Bonchev–Trinajstić information content (AvgIpc) is 2.83. The lowest BCUT2D eigenvalue weighted by atomic mass is 10.1. The van der Waals surface area contributed by atoms with Gasteiger partial charge >= 0.3 is 0 Å². The molecule has 1 aromatic heterocycles. The molecule has 17 heavy (non-hydrogen) atoms. The van der Waals surface area contributed by atoms with Gasteiger partial charge in [-0.25, -0.2) is 0 Å². The Kier molecular flexibility index (Phi) is 4.54. The summed E-state index contributed by atoms with van der Waals surface area (Å²) in [6, 6.07) is 1.45. The summed E-state index contributed by atoms with van der Waals surface area (Å²) in [5, 5.41) is 3.86. The highest BCUT2D eigenvalue weighted by Gasteiger charge is 2.33. The molecule has 0 saturated carbocycles. The lowest BCUT2D eigenvalue weighted by molar-refractivity contribution is -0.133. The Morgan fingerprint density at radius 2 is 2.41 bits per heavy atom. The third kappa shape index (κ3) is 2.79. The van der Waals surface area contributed by atoms with Crippen LogP contribution in [0.25, 0.3) is 0 Å². The first-order valence-electron chi connectivity index (χ1n) is 5.59. The van der Waals surface area contributed by atoms with E-state index in [1.165, 1.54) is 0 Å². The van der Waals surface area contributed by atoms with Gasteiger partial charge in [0.15, 0.2) is 5.76 Å². The van der Waals surface area contributed by atoms with E-state index in [2.05, 4.69) is 5.16 Å². The highest BCUT2D eigenvalue weighted by atomic mass is 35.5. The van der Waals surface area contributed by atoms with Crippen molar-refractivity contribution in [3.8, 4) is 0 Å². The van der Waals surface area contributed by atoms with Crippen molar-refractivity contribution in [2.45, 2.75) is 38.8 Å². The normalized spacial score (nSPS) is 21.1. The van der Waals surface area contributed by atoms with Crippen molar-refractivity contribution in [3.05, 3.63) is 17.5 Å². The quantitative estimate of drug-likeness (QED) is 0.872. The van der Waals surface area contributed by atoms with Gasteiger partial charge in [0.2, 0.25) is 5.91 Å². The van der Waals surface area contributed by atoms with Crippen LogP contribution in [0.2, 0.25) is 0 Å². The van der Waals surface area contributed by atoms with Gasteiger partial charge in [-0.05, 0) is 26.7 Å². The number of hydrogen-bond donors (Lipinski definition) is 1. The summed E-state index contributed by atoms with van der Waals surface area (Å²) in [4.78, 5) is 13.7. The summed E-state index contributed by atoms with van der Waals surface area (Å²) in [6.45, 7) is 4.34. The minimum atomic E-state index is -0.454. The Hall–Kier alpha value is -1.07. The summed E-state index contributed by atoms with van der Waals surface area (Å²) >= 11 is 0. The van der Waals surface area contributed by atoms with Crippen LogP contribution in [0.15, 0.2) is 10.6 Å². The van der Waals surface area contributed by atoms with Gasteiger partial charge in [0.05, 0.1) is 17.8 Å². The van der Waals surface area contributed by atoms with Gasteiger partial charge in [-0.2, -0.15) is 0 Å². The van der Waals surface area contributed by atoms with Crippen molar-refractivity contribution in [2.75, 3.05) is 6.54 Å². The molecule has 2 atom stereocenters. The van der Waals surface area contributed by atoms with Crippen molar-refractivity contribution in [1.82, 2.24) is 10.1 Å². The second-order valence-electron chi connectivity index (χ2n) is 4.35. The van der Waals surface area contributed by atoms with Crippen LogP contribution in [-0.2, 0) is 4.79 Å². The van der Waals surface area contributed by atoms with Crippen LogP contribution in [-0.4, -0.2) is 28.6 Å². The molecule has 1 amide bonds. The standard InChI is InChI=1S/C11H17N3O2.ClH/c1-7-6-10(16-13-7)9-4-3-5-14(9)11(15)8(2)12;/h6,8-9H,3-5,12H2,1-2H3;1H/t8-,9?;/m0./s1. The number of nitrogens with zero attached hydrogens (tertiary/aromatic N) is 2. The minimum Gasteiger partial charge on any atom is -0.359 e. The number of hydrogen-bond acceptors (Lipinski definition) is 4. The Balaban J connectivity index is 0.00000144. The van der Waals surface area contributed by atoms with Crippen molar-refractivity contribution in [1.29, 1.82) is 0 Å². The molecule has 0 spiro atoms. The molecule has 1 unspecified atom stereocenters. The summed E-state index contributed by atoms with van der Waals surface area (Å²) < 4.78 is 5.22. The first kappa shape index (κ1) is 14.0. The first-order valence-corrected chi connectivity index (χ1v) is 5.59. The van der Waals surface area contributed by atoms with Gasteiger partial charge in [0.25, 0.3) is 0 Å². The van der Waals surface area contributed by atoms with E-state index in [-0.39, 0.29) is 24.4 Å².